The van der Waals surface area contributed by atoms with Crippen molar-refractivity contribution >= 4 is 17.0 Å². The van der Waals surface area contributed by atoms with Crippen LogP contribution in [0.5, 0.6) is 5.75 Å². The van der Waals surface area contributed by atoms with Gasteiger partial charge in [-0.25, -0.2) is 8.78 Å². The van der Waals surface area contributed by atoms with Crippen LogP contribution in [0.2, 0.25) is 0 Å². The number of benzene rings is 2. The first-order chi connectivity index (χ1) is 11.9. The summed E-state index contributed by atoms with van der Waals surface area (Å²) in [5.41, 5.74) is 1.45. The molecule has 5 heteroatoms. The number of Topliss-reactive ketones (excluding diaryl/α,β-unsaturated/α-hetero) is 1. The van der Waals surface area contributed by atoms with Crippen LogP contribution in [0, 0.1) is 11.6 Å². The van der Waals surface area contributed by atoms with E-state index < -0.39 is 11.6 Å². The van der Waals surface area contributed by atoms with E-state index in [0.29, 0.717) is 5.75 Å². The first-order valence-electron chi connectivity index (χ1n) is 7.72. The number of ether oxygens (including phenoxy) is 1. The van der Waals surface area contributed by atoms with Crippen molar-refractivity contribution in [1.29, 1.82) is 0 Å². The molecule has 0 saturated heterocycles. The lowest BCUT2D eigenvalue weighted by Gasteiger charge is -2.30. The molecule has 25 heavy (non-hydrogen) atoms. The number of hydrogen-bond acceptors (Lipinski definition) is 3. The van der Waals surface area contributed by atoms with Crippen LogP contribution in [-0.4, -0.2) is 12.9 Å². The van der Waals surface area contributed by atoms with E-state index in [1.54, 1.807) is 24.1 Å². The molecule has 0 aromatic heterocycles. The van der Waals surface area contributed by atoms with Gasteiger partial charge in [-0.3, -0.25) is 4.79 Å². The van der Waals surface area contributed by atoms with Crippen molar-refractivity contribution in [2.75, 3.05) is 12.0 Å². The summed E-state index contributed by atoms with van der Waals surface area (Å²) in [6.07, 6.45) is 1.53. The molecule has 0 fully saturated rings. The zero-order valence-electron chi connectivity index (χ0n) is 14.0. The van der Waals surface area contributed by atoms with Crippen molar-refractivity contribution in [3.05, 3.63) is 77.5 Å². The van der Waals surface area contributed by atoms with Gasteiger partial charge < -0.3 is 9.64 Å². The first kappa shape index (κ1) is 16.9. The zero-order chi connectivity index (χ0) is 18.1. The van der Waals surface area contributed by atoms with Crippen LogP contribution in [0.15, 0.2) is 54.8 Å². The van der Waals surface area contributed by atoms with Crippen molar-refractivity contribution in [3.63, 3.8) is 0 Å². The summed E-state index contributed by atoms with van der Waals surface area (Å²) in [6.45, 7) is 5.44. The molecule has 0 N–H and O–H groups in total. The Kier molecular flexibility index (Phi) is 4.40. The average molecular weight is 341 g/mol. The van der Waals surface area contributed by atoms with Crippen molar-refractivity contribution < 1.29 is 18.3 Å². The third kappa shape index (κ3) is 3.05. The number of fused-ring (bicyclic) bond motifs is 1. The number of carbonyl (C=O) groups excluding carboxylic acids is 1. The van der Waals surface area contributed by atoms with Gasteiger partial charge in [0, 0.05) is 23.9 Å². The molecular formula is C20H17F2NO2. The lowest BCUT2D eigenvalue weighted by Crippen LogP contribution is -2.25. The summed E-state index contributed by atoms with van der Waals surface area (Å²) < 4.78 is 33.9. The van der Waals surface area contributed by atoms with Crippen molar-refractivity contribution in [3.8, 4) is 5.75 Å². The Balaban J connectivity index is 2.08. The number of carbonyl (C=O) groups is 1. The average Bonchev–Trinajstić information content (AvgIpc) is 2.60. The van der Waals surface area contributed by atoms with E-state index in [-0.39, 0.29) is 34.7 Å². The normalized spacial score (nSPS) is 13.4. The lowest BCUT2D eigenvalue weighted by atomic mass is 9.91. The predicted octanol–water partition coefficient (Wildman–Crippen LogP) is 4.48. The minimum Gasteiger partial charge on any atom is -0.497 e. The standard InChI is InChI=1S/C20H17F2NO2/c1-12-16(13(2)24)11-23(10-14-4-6-15(25-3)7-5-14)20-18(22)9-8-17(21)19(12)20/h4-9,11H,1,10H2,2-3H3. The third-order valence-corrected chi connectivity index (χ3v) is 4.17. The molecule has 3 rings (SSSR count). The van der Waals surface area contributed by atoms with Crippen LogP contribution >= 0.6 is 0 Å². The molecule has 1 aliphatic rings. The van der Waals surface area contributed by atoms with Crippen LogP contribution < -0.4 is 9.64 Å². The maximum absolute atomic E-state index is 14.4. The summed E-state index contributed by atoms with van der Waals surface area (Å²) in [4.78, 5) is 13.5. The van der Waals surface area contributed by atoms with Crippen LogP contribution in [0.4, 0.5) is 14.5 Å². The van der Waals surface area contributed by atoms with Crippen LogP contribution in [0.3, 0.4) is 0 Å². The highest BCUT2D eigenvalue weighted by Gasteiger charge is 2.28. The van der Waals surface area contributed by atoms with Gasteiger partial charge in [0.1, 0.15) is 17.4 Å². The maximum Gasteiger partial charge on any atom is 0.161 e. The van der Waals surface area contributed by atoms with Crippen molar-refractivity contribution in [1.82, 2.24) is 0 Å². The minimum atomic E-state index is -0.604. The predicted molar refractivity (Wildman–Crippen MR) is 93.3 cm³/mol. The second-order valence-corrected chi connectivity index (χ2v) is 5.81. The van der Waals surface area contributed by atoms with Gasteiger partial charge in [0.25, 0.3) is 0 Å². The maximum atomic E-state index is 14.4. The Morgan fingerprint density at radius 3 is 2.36 bits per heavy atom. The fourth-order valence-electron chi connectivity index (χ4n) is 2.90. The van der Waals surface area contributed by atoms with Gasteiger partial charge in [-0.05, 0) is 42.3 Å². The number of halogens is 2. The molecule has 0 amide bonds. The Morgan fingerprint density at radius 1 is 1.12 bits per heavy atom. The number of methoxy groups -OCH3 is 1. The quantitative estimate of drug-likeness (QED) is 0.821. The van der Waals surface area contributed by atoms with Gasteiger partial charge >= 0.3 is 0 Å². The molecule has 1 heterocycles. The monoisotopic (exact) mass is 341 g/mol. The van der Waals surface area contributed by atoms with E-state index in [9.17, 15) is 13.6 Å². The SMILES string of the molecule is C=C1C(C(C)=O)=CN(Cc2ccc(OC)cc2)c2c(F)ccc(F)c21. The van der Waals surface area contributed by atoms with Gasteiger partial charge in [-0.15, -0.1) is 0 Å². The molecule has 0 saturated carbocycles. The second-order valence-electron chi connectivity index (χ2n) is 5.81. The summed E-state index contributed by atoms with van der Waals surface area (Å²) >= 11 is 0. The van der Waals surface area contributed by atoms with Crippen molar-refractivity contribution in [2.24, 2.45) is 0 Å². The number of ketones is 1. The van der Waals surface area contributed by atoms with Gasteiger partial charge in [0.15, 0.2) is 5.78 Å². The zero-order valence-corrected chi connectivity index (χ0v) is 14.0. The Bertz CT molecular complexity index is 885. The molecule has 0 atom stereocenters. The number of anilines is 1. The molecule has 3 nitrogen and oxygen atoms in total. The molecule has 2 aromatic rings. The summed E-state index contributed by atoms with van der Waals surface area (Å²) in [7, 11) is 1.57. The molecule has 128 valence electrons. The molecule has 0 unspecified atom stereocenters. The van der Waals surface area contributed by atoms with Gasteiger partial charge in [0.2, 0.25) is 0 Å². The number of rotatable bonds is 4. The van der Waals surface area contributed by atoms with E-state index in [2.05, 4.69) is 6.58 Å². The first-order valence-corrected chi connectivity index (χ1v) is 7.72. The van der Waals surface area contributed by atoms with E-state index in [1.165, 1.54) is 13.1 Å². The number of nitrogens with zero attached hydrogens (tertiary/aromatic N) is 1. The summed E-state index contributed by atoms with van der Waals surface area (Å²) in [6, 6.07) is 9.37. The third-order valence-electron chi connectivity index (χ3n) is 4.17. The number of hydrogen-bond donors (Lipinski definition) is 0. The largest absolute Gasteiger partial charge is 0.497 e. The van der Waals surface area contributed by atoms with Crippen LogP contribution in [0.25, 0.3) is 5.57 Å². The van der Waals surface area contributed by atoms with E-state index in [0.717, 1.165) is 17.7 Å². The molecular weight excluding hydrogens is 324 g/mol. The van der Waals surface area contributed by atoms with Gasteiger partial charge in [-0.2, -0.15) is 0 Å². The smallest absolute Gasteiger partial charge is 0.161 e. The highest BCUT2D eigenvalue weighted by molar-refractivity contribution is 6.11. The Hall–Kier alpha value is -2.95. The topological polar surface area (TPSA) is 29.5 Å². The van der Waals surface area contributed by atoms with Crippen molar-refractivity contribution in [2.45, 2.75) is 13.5 Å². The molecule has 0 spiro atoms. The lowest BCUT2D eigenvalue weighted by molar-refractivity contribution is -0.113. The van der Waals surface area contributed by atoms with Crippen LogP contribution in [0.1, 0.15) is 18.1 Å². The fraction of sp³-hybridized carbons (Fsp3) is 0.150. The molecule has 0 aliphatic carbocycles. The van der Waals surface area contributed by atoms with E-state index in [4.69, 9.17) is 4.74 Å². The second kappa shape index (κ2) is 6.51. The Morgan fingerprint density at radius 2 is 1.76 bits per heavy atom. The fourth-order valence-corrected chi connectivity index (χ4v) is 2.90. The van der Waals surface area contributed by atoms with E-state index >= 15 is 0 Å². The molecule has 0 bridgehead atoms. The van der Waals surface area contributed by atoms with Gasteiger partial charge in [0.05, 0.1) is 12.8 Å². The molecule has 1 aliphatic heterocycles. The minimum absolute atomic E-state index is 0.0289. The molecule has 0 radical (unpaired) electrons. The number of allylic oxidation sites excluding steroid dienone is 2. The summed E-state index contributed by atoms with van der Waals surface area (Å²) in [5, 5.41) is 0. The highest BCUT2D eigenvalue weighted by atomic mass is 19.1. The van der Waals surface area contributed by atoms with E-state index in [1.807, 2.05) is 12.1 Å². The Labute approximate surface area is 144 Å². The van der Waals surface area contributed by atoms with Gasteiger partial charge in [-0.1, -0.05) is 18.7 Å². The molecule has 2 aromatic carbocycles. The highest BCUT2D eigenvalue weighted by Crippen LogP contribution is 2.40. The summed E-state index contributed by atoms with van der Waals surface area (Å²) in [5.74, 6) is -0.717. The van der Waals surface area contributed by atoms with Crippen LogP contribution in [-0.2, 0) is 11.3 Å².